The smallest absolute Gasteiger partial charge is 0.336 e. The normalized spacial score (nSPS) is 10.5. The highest BCUT2D eigenvalue weighted by molar-refractivity contribution is 5.89. The number of rotatable bonds is 8. The van der Waals surface area contributed by atoms with Crippen molar-refractivity contribution in [2.45, 2.75) is 6.42 Å². The van der Waals surface area contributed by atoms with Gasteiger partial charge in [0.2, 0.25) is 5.75 Å². The summed E-state index contributed by atoms with van der Waals surface area (Å²) in [6, 6.07) is 8.46. The van der Waals surface area contributed by atoms with Crippen LogP contribution in [0.3, 0.4) is 0 Å². The Labute approximate surface area is 158 Å². The molecule has 0 aromatic heterocycles. The van der Waals surface area contributed by atoms with E-state index in [1.54, 1.807) is 30.3 Å². The van der Waals surface area contributed by atoms with E-state index in [-0.39, 0.29) is 17.2 Å². The third-order valence-electron chi connectivity index (χ3n) is 3.73. The van der Waals surface area contributed by atoms with Crippen LogP contribution < -0.4 is 18.9 Å². The first kappa shape index (κ1) is 19.9. The van der Waals surface area contributed by atoms with Crippen LogP contribution in [-0.2, 0) is 11.2 Å². The lowest BCUT2D eigenvalue weighted by Gasteiger charge is -2.10. The van der Waals surface area contributed by atoms with Crippen LogP contribution in [0.15, 0.2) is 49.1 Å². The molecule has 0 heterocycles. The Bertz CT molecular complexity index is 829. The fourth-order valence-electron chi connectivity index (χ4n) is 2.41. The first-order chi connectivity index (χ1) is 13.0. The monoisotopic (exact) mass is 370 g/mol. The number of carbonyl (C=O) groups excluding carboxylic acids is 1. The van der Waals surface area contributed by atoms with Crippen LogP contribution in [0.4, 0.5) is 0 Å². The molecule has 0 amide bonds. The largest absolute Gasteiger partial charge is 0.502 e. The van der Waals surface area contributed by atoms with Gasteiger partial charge < -0.3 is 24.1 Å². The van der Waals surface area contributed by atoms with E-state index in [4.69, 9.17) is 18.9 Å². The van der Waals surface area contributed by atoms with Gasteiger partial charge in [-0.05, 0) is 47.9 Å². The first-order valence-corrected chi connectivity index (χ1v) is 8.15. The quantitative estimate of drug-likeness (QED) is 0.330. The van der Waals surface area contributed by atoms with Crippen molar-refractivity contribution < 1.29 is 28.8 Å². The molecule has 0 atom stereocenters. The summed E-state index contributed by atoms with van der Waals surface area (Å²) < 4.78 is 20.8. The Morgan fingerprint density at radius 2 is 1.63 bits per heavy atom. The lowest BCUT2D eigenvalue weighted by molar-refractivity contribution is -0.129. The summed E-state index contributed by atoms with van der Waals surface area (Å²) in [5, 5.41) is 9.92. The number of hydrogen-bond donors (Lipinski definition) is 1. The summed E-state index contributed by atoms with van der Waals surface area (Å²) in [4.78, 5) is 12.1. The minimum Gasteiger partial charge on any atom is -0.502 e. The molecule has 142 valence electrons. The second kappa shape index (κ2) is 9.33. The van der Waals surface area contributed by atoms with Gasteiger partial charge in [-0.15, -0.1) is 6.58 Å². The summed E-state index contributed by atoms with van der Waals surface area (Å²) >= 11 is 0. The highest BCUT2D eigenvalue weighted by Crippen LogP contribution is 2.37. The van der Waals surface area contributed by atoms with Crippen molar-refractivity contribution in [3.63, 3.8) is 0 Å². The van der Waals surface area contributed by atoms with Crippen LogP contribution >= 0.6 is 0 Å². The maximum atomic E-state index is 12.1. The lowest BCUT2D eigenvalue weighted by Crippen LogP contribution is -2.05. The third kappa shape index (κ3) is 5.04. The highest BCUT2D eigenvalue weighted by atomic mass is 16.6. The van der Waals surface area contributed by atoms with E-state index in [1.807, 2.05) is 6.07 Å². The molecule has 1 N–H and O–H groups in total. The number of phenolic OH excluding ortho intramolecular Hbond substituents is 1. The maximum absolute atomic E-state index is 12.1. The molecule has 6 nitrogen and oxygen atoms in total. The van der Waals surface area contributed by atoms with Gasteiger partial charge >= 0.3 is 5.97 Å². The molecular weight excluding hydrogens is 348 g/mol. The number of phenols is 1. The van der Waals surface area contributed by atoms with Crippen molar-refractivity contribution in [1.29, 1.82) is 0 Å². The average Bonchev–Trinajstić information content (AvgIpc) is 2.68. The highest BCUT2D eigenvalue weighted by Gasteiger charge is 2.11. The number of aromatic hydroxyl groups is 1. The van der Waals surface area contributed by atoms with Gasteiger partial charge in [0.05, 0.1) is 21.3 Å². The third-order valence-corrected chi connectivity index (χ3v) is 3.73. The van der Waals surface area contributed by atoms with E-state index in [2.05, 4.69) is 6.58 Å². The number of methoxy groups -OCH3 is 3. The molecule has 0 aliphatic rings. The van der Waals surface area contributed by atoms with E-state index in [0.29, 0.717) is 23.5 Å². The van der Waals surface area contributed by atoms with Gasteiger partial charge in [-0.2, -0.15) is 0 Å². The van der Waals surface area contributed by atoms with E-state index >= 15 is 0 Å². The minimum absolute atomic E-state index is 0.107. The summed E-state index contributed by atoms with van der Waals surface area (Å²) in [5.74, 6) is 0.577. The average molecular weight is 370 g/mol. The van der Waals surface area contributed by atoms with Crippen molar-refractivity contribution in [2.75, 3.05) is 21.3 Å². The van der Waals surface area contributed by atoms with Gasteiger partial charge in [0.15, 0.2) is 23.0 Å². The second-order valence-electron chi connectivity index (χ2n) is 5.51. The van der Waals surface area contributed by atoms with Gasteiger partial charge in [-0.1, -0.05) is 12.1 Å². The first-order valence-electron chi connectivity index (χ1n) is 8.15. The number of hydrogen-bond acceptors (Lipinski definition) is 6. The standard InChI is InChI=1S/C21H22O6/c1-5-6-14-7-9-16(17(11-14)24-2)27-20(22)10-8-15-12-18(25-3)21(23)19(13-15)26-4/h5,7-13,23H,1,6H2,2-4H3/b10-8+. The number of benzene rings is 2. The summed E-state index contributed by atoms with van der Waals surface area (Å²) in [6.45, 7) is 3.70. The molecule has 2 aromatic carbocycles. The zero-order valence-corrected chi connectivity index (χ0v) is 15.5. The molecule has 27 heavy (non-hydrogen) atoms. The molecule has 0 saturated carbocycles. The van der Waals surface area contributed by atoms with E-state index in [0.717, 1.165) is 5.56 Å². The van der Waals surface area contributed by atoms with E-state index in [9.17, 15) is 9.90 Å². The summed E-state index contributed by atoms with van der Waals surface area (Å²) in [6.07, 6.45) is 5.27. The van der Waals surface area contributed by atoms with E-state index < -0.39 is 5.97 Å². The molecule has 2 rings (SSSR count). The zero-order valence-electron chi connectivity index (χ0n) is 15.5. The van der Waals surface area contributed by atoms with Crippen LogP contribution in [0.5, 0.6) is 28.7 Å². The Morgan fingerprint density at radius 1 is 1.00 bits per heavy atom. The zero-order chi connectivity index (χ0) is 19.8. The minimum atomic E-state index is -0.573. The van der Waals surface area contributed by atoms with Crippen molar-refractivity contribution in [3.8, 4) is 28.7 Å². The Hall–Kier alpha value is -3.41. The molecule has 0 radical (unpaired) electrons. The molecule has 0 saturated heterocycles. The van der Waals surface area contributed by atoms with Crippen molar-refractivity contribution in [1.82, 2.24) is 0 Å². The van der Waals surface area contributed by atoms with Crippen LogP contribution in [-0.4, -0.2) is 32.4 Å². The van der Waals surface area contributed by atoms with Gasteiger partial charge in [0.1, 0.15) is 0 Å². The van der Waals surface area contributed by atoms with Crippen LogP contribution in [0, 0.1) is 0 Å². The maximum Gasteiger partial charge on any atom is 0.336 e. The van der Waals surface area contributed by atoms with Gasteiger partial charge in [0.25, 0.3) is 0 Å². The number of allylic oxidation sites excluding steroid dienone is 1. The van der Waals surface area contributed by atoms with Gasteiger partial charge in [-0.3, -0.25) is 0 Å². The predicted octanol–water partition coefficient (Wildman–Crippen LogP) is 3.77. The lowest BCUT2D eigenvalue weighted by atomic mass is 10.1. The predicted molar refractivity (Wildman–Crippen MR) is 103 cm³/mol. The Kier molecular flexibility index (Phi) is 6.88. The molecule has 6 heteroatoms. The molecule has 0 aliphatic carbocycles. The van der Waals surface area contributed by atoms with Crippen LogP contribution in [0.2, 0.25) is 0 Å². The SMILES string of the molecule is C=CCc1ccc(OC(=O)/C=C/c2cc(OC)c(O)c(OC)c2)c(OC)c1. The molecule has 0 spiro atoms. The number of ether oxygens (including phenoxy) is 4. The summed E-state index contributed by atoms with van der Waals surface area (Å²) in [5.41, 5.74) is 1.60. The molecule has 0 unspecified atom stereocenters. The van der Waals surface area contributed by atoms with Crippen LogP contribution in [0.25, 0.3) is 6.08 Å². The fourth-order valence-corrected chi connectivity index (χ4v) is 2.41. The Morgan fingerprint density at radius 3 is 2.19 bits per heavy atom. The van der Waals surface area contributed by atoms with Gasteiger partial charge in [0, 0.05) is 6.08 Å². The molecule has 2 aromatic rings. The van der Waals surface area contributed by atoms with Crippen molar-refractivity contribution in [3.05, 3.63) is 60.2 Å². The summed E-state index contributed by atoms with van der Waals surface area (Å²) in [7, 11) is 4.37. The van der Waals surface area contributed by atoms with Crippen molar-refractivity contribution >= 4 is 12.0 Å². The van der Waals surface area contributed by atoms with Gasteiger partial charge in [-0.25, -0.2) is 4.79 Å². The Balaban J connectivity index is 2.17. The fraction of sp³-hybridized carbons (Fsp3) is 0.190. The second-order valence-corrected chi connectivity index (χ2v) is 5.51. The molecule has 0 fully saturated rings. The van der Waals surface area contributed by atoms with Crippen LogP contribution in [0.1, 0.15) is 11.1 Å². The molecular formula is C21H22O6. The number of esters is 1. The van der Waals surface area contributed by atoms with E-state index in [1.165, 1.54) is 33.5 Å². The number of carbonyl (C=O) groups is 1. The molecule has 0 bridgehead atoms. The topological polar surface area (TPSA) is 74.2 Å². The molecule has 0 aliphatic heterocycles. The van der Waals surface area contributed by atoms with Crippen molar-refractivity contribution in [2.24, 2.45) is 0 Å².